The summed E-state index contributed by atoms with van der Waals surface area (Å²) in [5, 5.41) is 31.2. The lowest BCUT2D eigenvalue weighted by atomic mass is 9.96. The molecular weight excluding hydrogens is 412 g/mol. The molecule has 166 valence electrons. The normalized spacial score (nSPS) is 14.8. The van der Waals surface area contributed by atoms with Gasteiger partial charge in [0.05, 0.1) is 26.0 Å². The van der Waals surface area contributed by atoms with Gasteiger partial charge in [0.15, 0.2) is 23.0 Å². The highest BCUT2D eigenvalue weighted by Gasteiger charge is 2.23. The number of rotatable bonds is 7. The summed E-state index contributed by atoms with van der Waals surface area (Å²) in [4.78, 5) is 0. The monoisotopic (exact) mass is 436 g/mol. The van der Waals surface area contributed by atoms with Crippen molar-refractivity contribution in [2.24, 2.45) is 0 Å². The highest BCUT2D eigenvalue weighted by atomic mass is 16.5. The molecule has 7 heteroatoms. The Kier molecular flexibility index (Phi) is 5.98. The minimum atomic E-state index is -0.131. The molecule has 4 rings (SSSR count). The zero-order chi connectivity index (χ0) is 22.7. The van der Waals surface area contributed by atoms with E-state index in [1.807, 2.05) is 6.08 Å². The fraction of sp³-hybridized carbons (Fsp3) is 0.200. The summed E-state index contributed by atoms with van der Waals surface area (Å²) in [6, 6.07) is 13.1. The van der Waals surface area contributed by atoms with Crippen LogP contribution in [0.4, 0.5) is 0 Å². The molecule has 1 heterocycles. The molecule has 1 unspecified atom stereocenters. The molecule has 0 fully saturated rings. The largest absolute Gasteiger partial charge is 0.508 e. The highest BCUT2D eigenvalue weighted by molar-refractivity contribution is 5.88. The van der Waals surface area contributed by atoms with Crippen LogP contribution in [0.3, 0.4) is 0 Å². The van der Waals surface area contributed by atoms with E-state index in [-0.39, 0.29) is 29.1 Å². The van der Waals surface area contributed by atoms with Gasteiger partial charge in [0.1, 0.15) is 24.2 Å². The third-order valence-electron chi connectivity index (χ3n) is 5.26. The lowest BCUT2D eigenvalue weighted by molar-refractivity contribution is 0.106. The van der Waals surface area contributed by atoms with Crippen molar-refractivity contribution >= 4 is 0 Å². The maximum absolute atomic E-state index is 11.1. The van der Waals surface area contributed by atoms with Crippen molar-refractivity contribution in [1.29, 1.82) is 0 Å². The summed E-state index contributed by atoms with van der Waals surface area (Å²) in [5.74, 6) is 0.886. The van der Waals surface area contributed by atoms with Crippen LogP contribution in [0.1, 0.15) is 6.42 Å². The lowest BCUT2D eigenvalue weighted by Gasteiger charge is -2.19. The number of benzene rings is 3. The first kappa shape index (κ1) is 21.2. The first-order chi connectivity index (χ1) is 15.5. The zero-order valence-electron chi connectivity index (χ0n) is 17.7. The Bertz CT molecular complexity index is 1130. The highest BCUT2D eigenvalue weighted by Crippen LogP contribution is 2.50. The van der Waals surface area contributed by atoms with Crippen molar-refractivity contribution in [3.05, 3.63) is 60.9 Å². The predicted molar refractivity (Wildman–Crippen MR) is 120 cm³/mol. The Labute approximate surface area is 185 Å². The fourth-order valence-corrected chi connectivity index (χ4v) is 3.64. The standard InChI is InChI=1S/C25H24O7/c1-29-22-13-19(15-5-8-17(26)9-6-15)25(30-2)24(28)23(22)16-7-10-21(20(27)12-16)32-14-18-4-3-11-31-18/h3,5-13,18,26-28H,4,14H2,1-2H3. The molecule has 0 saturated carbocycles. The lowest BCUT2D eigenvalue weighted by Crippen LogP contribution is -2.16. The van der Waals surface area contributed by atoms with E-state index in [2.05, 4.69) is 0 Å². The number of phenolic OH excluding ortho intramolecular Hbond substituents is 3. The Balaban J connectivity index is 1.71. The molecule has 1 atom stereocenters. The first-order valence-corrected chi connectivity index (χ1v) is 10.1. The van der Waals surface area contributed by atoms with Gasteiger partial charge in [-0.3, -0.25) is 0 Å². The molecule has 0 radical (unpaired) electrons. The summed E-state index contributed by atoms with van der Waals surface area (Å²) < 4.78 is 22.1. The van der Waals surface area contributed by atoms with E-state index >= 15 is 0 Å². The van der Waals surface area contributed by atoms with Crippen LogP contribution >= 0.6 is 0 Å². The molecule has 0 aliphatic carbocycles. The van der Waals surface area contributed by atoms with Crippen molar-refractivity contribution < 1.29 is 34.3 Å². The topological polar surface area (TPSA) is 97.6 Å². The van der Waals surface area contributed by atoms with Gasteiger partial charge in [-0.15, -0.1) is 0 Å². The van der Waals surface area contributed by atoms with Crippen LogP contribution in [0.2, 0.25) is 0 Å². The SMILES string of the molecule is COc1cc(-c2ccc(O)cc2)c(OC)c(O)c1-c1ccc(OCC2CC=CO2)c(O)c1. The van der Waals surface area contributed by atoms with Crippen LogP contribution in [-0.2, 0) is 4.74 Å². The average Bonchev–Trinajstić information content (AvgIpc) is 3.32. The maximum atomic E-state index is 11.1. The molecule has 0 spiro atoms. The minimum Gasteiger partial charge on any atom is -0.508 e. The maximum Gasteiger partial charge on any atom is 0.170 e. The molecule has 7 nitrogen and oxygen atoms in total. The Morgan fingerprint density at radius 2 is 1.66 bits per heavy atom. The fourth-order valence-electron chi connectivity index (χ4n) is 3.64. The van der Waals surface area contributed by atoms with Gasteiger partial charge in [0, 0.05) is 12.0 Å². The quantitative estimate of drug-likeness (QED) is 0.488. The summed E-state index contributed by atoms with van der Waals surface area (Å²) in [6.07, 6.45) is 4.24. The van der Waals surface area contributed by atoms with E-state index in [1.165, 1.54) is 20.3 Å². The molecular formula is C25H24O7. The van der Waals surface area contributed by atoms with Crippen molar-refractivity contribution in [3.63, 3.8) is 0 Å². The van der Waals surface area contributed by atoms with Crippen LogP contribution < -0.4 is 14.2 Å². The average molecular weight is 436 g/mol. The molecule has 32 heavy (non-hydrogen) atoms. The van der Waals surface area contributed by atoms with Gasteiger partial charge >= 0.3 is 0 Å². The Morgan fingerprint density at radius 1 is 0.906 bits per heavy atom. The number of hydrogen-bond acceptors (Lipinski definition) is 7. The van der Waals surface area contributed by atoms with Crippen LogP contribution in [0.25, 0.3) is 22.3 Å². The van der Waals surface area contributed by atoms with E-state index in [1.54, 1.807) is 48.7 Å². The summed E-state index contributed by atoms with van der Waals surface area (Å²) in [6.45, 7) is 0.309. The first-order valence-electron chi connectivity index (χ1n) is 10.1. The molecule has 3 aromatic carbocycles. The minimum absolute atomic E-state index is 0.0727. The van der Waals surface area contributed by atoms with E-state index in [0.29, 0.717) is 34.8 Å². The summed E-state index contributed by atoms with van der Waals surface area (Å²) in [5.41, 5.74) is 2.23. The Morgan fingerprint density at radius 3 is 2.28 bits per heavy atom. The number of ether oxygens (including phenoxy) is 4. The zero-order valence-corrected chi connectivity index (χ0v) is 17.7. The van der Waals surface area contributed by atoms with Gasteiger partial charge in [-0.1, -0.05) is 18.2 Å². The van der Waals surface area contributed by atoms with Gasteiger partial charge in [0.25, 0.3) is 0 Å². The van der Waals surface area contributed by atoms with Gasteiger partial charge < -0.3 is 34.3 Å². The van der Waals surface area contributed by atoms with Crippen molar-refractivity contribution in [2.45, 2.75) is 12.5 Å². The molecule has 3 N–H and O–H groups in total. The van der Waals surface area contributed by atoms with Gasteiger partial charge in [0.2, 0.25) is 0 Å². The third kappa shape index (κ3) is 4.09. The smallest absolute Gasteiger partial charge is 0.170 e. The molecule has 3 aromatic rings. The van der Waals surface area contributed by atoms with E-state index in [4.69, 9.17) is 18.9 Å². The van der Waals surface area contributed by atoms with Gasteiger partial charge in [-0.25, -0.2) is 0 Å². The van der Waals surface area contributed by atoms with Crippen molar-refractivity contribution in [2.75, 3.05) is 20.8 Å². The molecule has 1 aliphatic rings. The second-order valence-electron chi connectivity index (χ2n) is 7.29. The molecule has 1 aliphatic heterocycles. The van der Waals surface area contributed by atoms with Crippen LogP contribution in [0.5, 0.6) is 34.5 Å². The molecule has 0 bridgehead atoms. The van der Waals surface area contributed by atoms with Crippen LogP contribution in [0, 0.1) is 0 Å². The second kappa shape index (κ2) is 9.01. The van der Waals surface area contributed by atoms with E-state index in [9.17, 15) is 15.3 Å². The van der Waals surface area contributed by atoms with E-state index in [0.717, 1.165) is 12.0 Å². The molecule has 0 aromatic heterocycles. The second-order valence-corrected chi connectivity index (χ2v) is 7.29. The third-order valence-corrected chi connectivity index (χ3v) is 5.26. The number of hydrogen-bond donors (Lipinski definition) is 3. The summed E-state index contributed by atoms with van der Waals surface area (Å²) >= 11 is 0. The van der Waals surface area contributed by atoms with Crippen LogP contribution in [0.15, 0.2) is 60.9 Å². The van der Waals surface area contributed by atoms with Gasteiger partial charge in [-0.05, 0) is 47.5 Å². The Hall–Kier alpha value is -4.00. The van der Waals surface area contributed by atoms with Crippen molar-refractivity contribution in [1.82, 2.24) is 0 Å². The predicted octanol–water partition coefficient (Wildman–Crippen LogP) is 4.84. The number of phenols is 3. The van der Waals surface area contributed by atoms with Gasteiger partial charge in [-0.2, -0.15) is 0 Å². The van der Waals surface area contributed by atoms with E-state index < -0.39 is 0 Å². The molecule has 0 amide bonds. The van der Waals surface area contributed by atoms with Crippen LogP contribution in [-0.4, -0.2) is 42.3 Å². The molecule has 0 saturated heterocycles. The number of methoxy groups -OCH3 is 2. The number of aromatic hydroxyl groups is 3. The van der Waals surface area contributed by atoms with Crippen molar-refractivity contribution in [3.8, 4) is 56.8 Å². The summed E-state index contributed by atoms with van der Waals surface area (Å²) in [7, 11) is 2.96.